The molecular formula is C22H28F2N4O2. The minimum absolute atomic E-state index is 0.152. The number of anilines is 1. The Bertz CT molecular complexity index is 824. The molecule has 0 saturated carbocycles. The fraction of sp³-hybridized carbons (Fsp3) is 0.409. The van der Waals surface area contributed by atoms with Crippen LogP contribution in [0.3, 0.4) is 0 Å². The molecule has 1 aliphatic rings. The zero-order valence-corrected chi connectivity index (χ0v) is 17.4. The van der Waals surface area contributed by atoms with Gasteiger partial charge in [-0.3, -0.25) is 4.99 Å². The first-order chi connectivity index (χ1) is 14.6. The zero-order valence-electron chi connectivity index (χ0n) is 17.4. The molecule has 1 N–H and O–H groups in total. The Balaban J connectivity index is 1.59. The van der Waals surface area contributed by atoms with Gasteiger partial charge in [-0.05, 0) is 29.3 Å². The maximum Gasteiger partial charge on any atom is 0.387 e. The standard InChI is InChI=1S/C22H28F2N4O2/c1-25-22(27(2)16-17-7-9-19(10-8-17)30-21(23)24)26-15-18-5-3-4-6-20(18)28-11-13-29-14-12-28/h3-10,21H,11-16H2,1-2H3,(H,25,26). The maximum absolute atomic E-state index is 12.3. The number of para-hydroxylation sites is 1. The van der Waals surface area contributed by atoms with Gasteiger partial charge in [0.05, 0.1) is 13.2 Å². The summed E-state index contributed by atoms with van der Waals surface area (Å²) in [5, 5.41) is 3.42. The molecule has 0 atom stereocenters. The van der Waals surface area contributed by atoms with Crippen LogP contribution in [0.5, 0.6) is 5.75 Å². The molecule has 1 fully saturated rings. The van der Waals surface area contributed by atoms with E-state index in [1.165, 1.54) is 11.3 Å². The van der Waals surface area contributed by atoms with Crippen LogP contribution >= 0.6 is 0 Å². The van der Waals surface area contributed by atoms with Crippen molar-refractivity contribution in [2.75, 3.05) is 45.3 Å². The van der Waals surface area contributed by atoms with E-state index in [2.05, 4.69) is 38.1 Å². The first-order valence-electron chi connectivity index (χ1n) is 9.93. The topological polar surface area (TPSA) is 49.3 Å². The van der Waals surface area contributed by atoms with Crippen LogP contribution in [-0.4, -0.2) is 57.9 Å². The smallest absolute Gasteiger partial charge is 0.387 e. The summed E-state index contributed by atoms with van der Waals surface area (Å²) in [6.45, 7) is 1.67. The lowest BCUT2D eigenvalue weighted by atomic mass is 10.1. The van der Waals surface area contributed by atoms with Crippen molar-refractivity contribution >= 4 is 11.6 Å². The molecule has 3 rings (SSSR count). The van der Waals surface area contributed by atoms with Crippen LogP contribution in [0.15, 0.2) is 53.5 Å². The Morgan fingerprint density at radius 3 is 2.53 bits per heavy atom. The second-order valence-corrected chi connectivity index (χ2v) is 7.01. The molecule has 0 unspecified atom stereocenters. The van der Waals surface area contributed by atoms with Crippen LogP contribution < -0.4 is 15.0 Å². The first-order valence-corrected chi connectivity index (χ1v) is 9.93. The molecule has 0 bridgehead atoms. The van der Waals surface area contributed by atoms with Crippen molar-refractivity contribution in [3.05, 3.63) is 59.7 Å². The summed E-state index contributed by atoms with van der Waals surface area (Å²) in [7, 11) is 3.68. The molecule has 1 heterocycles. The van der Waals surface area contributed by atoms with Gasteiger partial charge in [-0.15, -0.1) is 0 Å². The number of hydrogen-bond donors (Lipinski definition) is 1. The molecule has 6 nitrogen and oxygen atoms in total. The third kappa shape index (κ3) is 6.06. The van der Waals surface area contributed by atoms with Crippen LogP contribution in [0.25, 0.3) is 0 Å². The van der Waals surface area contributed by atoms with Gasteiger partial charge in [-0.25, -0.2) is 0 Å². The fourth-order valence-electron chi connectivity index (χ4n) is 3.46. The fourth-order valence-corrected chi connectivity index (χ4v) is 3.46. The Morgan fingerprint density at radius 1 is 1.17 bits per heavy atom. The van der Waals surface area contributed by atoms with Gasteiger partial charge in [0.25, 0.3) is 0 Å². The van der Waals surface area contributed by atoms with E-state index >= 15 is 0 Å². The van der Waals surface area contributed by atoms with Gasteiger partial charge in [-0.2, -0.15) is 8.78 Å². The minimum Gasteiger partial charge on any atom is -0.435 e. The van der Waals surface area contributed by atoms with E-state index in [4.69, 9.17) is 4.74 Å². The highest BCUT2D eigenvalue weighted by Crippen LogP contribution is 2.21. The number of rotatable bonds is 7. The number of morpholine rings is 1. The lowest BCUT2D eigenvalue weighted by molar-refractivity contribution is -0.0498. The number of alkyl halides is 2. The molecule has 2 aromatic rings. The quantitative estimate of drug-likeness (QED) is 0.552. The number of halogens is 2. The Hall–Kier alpha value is -2.87. The minimum atomic E-state index is -2.82. The van der Waals surface area contributed by atoms with Crippen molar-refractivity contribution in [3.8, 4) is 5.75 Å². The molecule has 0 spiro atoms. The average molecular weight is 418 g/mol. The molecule has 0 aliphatic carbocycles. The van der Waals surface area contributed by atoms with E-state index < -0.39 is 6.61 Å². The number of nitrogens with zero attached hydrogens (tertiary/aromatic N) is 3. The second-order valence-electron chi connectivity index (χ2n) is 7.01. The van der Waals surface area contributed by atoms with Crippen LogP contribution in [0, 0.1) is 0 Å². The summed E-state index contributed by atoms with van der Waals surface area (Å²) in [6.07, 6.45) is 0. The van der Waals surface area contributed by atoms with Crippen LogP contribution in [0.2, 0.25) is 0 Å². The van der Waals surface area contributed by atoms with Crippen molar-refractivity contribution in [3.63, 3.8) is 0 Å². The molecule has 8 heteroatoms. The molecule has 162 valence electrons. The van der Waals surface area contributed by atoms with E-state index in [9.17, 15) is 8.78 Å². The molecule has 2 aromatic carbocycles. The van der Waals surface area contributed by atoms with Gasteiger partial charge >= 0.3 is 6.61 Å². The summed E-state index contributed by atoms with van der Waals surface area (Å²) >= 11 is 0. The van der Waals surface area contributed by atoms with Gasteiger partial charge in [0.15, 0.2) is 5.96 Å². The number of benzene rings is 2. The van der Waals surface area contributed by atoms with Gasteiger partial charge in [0.1, 0.15) is 5.75 Å². The highest BCUT2D eigenvalue weighted by Gasteiger charge is 2.15. The average Bonchev–Trinajstić information content (AvgIpc) is 2.76. The third-order valence-electron chi connectivity index (χ3n) is 4.92. The lowest BCUT2D eigenvalue weighted by Crippen LogP contribution is -2.39. The molecular weight excluding hydrogens is 390 g/mol. The monoisotopic (exact) mass is 418 g/mol. The largest absolute Gasteiger partial charge is 0.435 e. The van der Waals surface area contributed by atoms with Gasteiger partial charge < -0.3 is 24.6 Å². The van der Waals surface area contributed by atoms with Crippen molar-refractivity contribution < 1.29 is 18.3 Å². The van der Waals surface area contributed by atoms with Gasteiger partial charge in [0.2, 0.25) is 0 Å². The summed E-state index contributed by atoms with van der Waals surface area (Å²) in [4.78, 5) is 8.70. The number of ether oxygens (including phenoxy) is 2. The van der Waals surface area contributed by atoms with Crippen molar-refractivity contribution in [1.82, 2.24) is 10.2 Å². The summed E-state index contributed by atoms with van der Waals surface area (Å²) < 4.78 is 34.4. The maximum atomic E-state index is 12.3. The van der Waals surface area contributed by atoms with E-state index in [1.54, 1.807) is 31.3 Å². The summed E-state index contributed by atoms with van der Waals surface area (Å²) in [5.41, 5.74) is 3.37. The lowest BCUT2D eigenvalue weighted by Gasteiger charge is -2.31. The SMILES string of the molecule is CN=C(NCc1ccccc1N1CCOCC1)N(C)Cc1ccc(OC(F)F)cc1. The molecule has 0 aromatic heterocycles. The Morgan fingerprint density at radius 2 is 1.87 bits per heavy atom. The number of aliphatic imine (C=N–C) groups is 1. The molecule has 1 aliphatic heterocycles. The molecule has 1 saturated heterocycles. The van der Waals surface area contributed by atoms with Gasteiger partial charge in [-0.1, -0.05) is 30.3 Å². The number of guanidine groups is 1. The van der Waals surface area contributed by atoms with Crippen molar-refractivity contribution in [2.45, 2.75) is 19.7 Å². The van der Waals surface area contributed by atoms with E-state index in [-0.39, 0.29) is 5.75 Å². The van der Waals surface area contributed by atoms with Crippen molar-refractivity contribution in [1.29, 1.82) is 0 Å². The Labute approximate surface area is 176 Å². The van der Waals surface area contributed by atoms with Crippen LogP contribution in [0.1, 0.15) is 11.1 Å². The van der Waals surface area contributed by atoms with Gasteiger partial charge in [0, 0.05) is 46.0 Å². The summed E-state index contributed by atoms with van der Waals surface area (Å²) in [5.74, 6) is 0.901. The van der Waals surface area contributed by atoms with Crippen LogP contribution in [0.4, 0.5) is 14.5 Å². The molecule has 30 heavy (non-hydrogen) atoms. The molecule has 0 amide bonds. The number of hydrogen-bond acceptors (Lipinski definition) is 4. The highest BCUT2D eigenvalue weighted by molar-refractivity contribution is 5.79. The Kier molecular flexibility index (Phi) is 7.84. The van der Waals surface area contributed by atoms with Crippen LogP contribution in [-0.2, 0) is 17.8 Å². The molecule has 0 radical (unpaired) electrons. The highest BCUT2D eigenvalue weighted by atomic mass is 19.3. The predicted octanol–water partition coefficient (Wildman–Crippen LogP) is 3.33. The predicted molar refractivity (Wildman–Crippen MR) is 114 cm³/mol. The normalized spacial score (nSPS) is 14.7. The third-order valence-corrected chi connectivity index (χ3v) is 4.92. The summed E-state index contributed by atoms with van der Waals surface area (Å²) in [6, 6.07) is 15.0. The second kappa shape index (κ2) is 10.8. The zero-order chi connectivity index (χ0) is 21.3. The van der Waals surface area contributed by atoms with E-state index in [1.807, 2.05) is 18.0 Å². The first kappa shape index (κ1) is 21.8. The van der Waals surface area contributed by atoms with Crippen molar-refractivity contribution in [2.24, 2.45) is 4.99 Å². The van der Waals surface area contributed by atoms with E-state index in [0.717, 1.165) is 37.8 Å². The number of nitrogens with one attached hydrogen (secondary N) is 1. The van der Waals surface area contributed by atoms with E-state index in [0.29, 0.717) is 13.1 Å².